The Bertz CT molecular complexity index is 1210. The molecule has 5 rings (SSSR count). The molecule has 3 aromatic carbocycles. The number of benzene rings is 3. The molecule has 2 aliphatic rings. The van der Waals surface area contributed by atoms with Crippen molar-refractivity contribution in [3.8, 4) is 17.2 Å². The second kappa shape index (κ2) is 12.4. The Morgan fingerprint density at radius 1 is 0.921 bits per heavy atom. The summed E-state index contributed by atoms with van der Waals surface area (Å²) in [6.45, 7) is 1.85. The summed E-state index contributed by atoms with van der Waals surface area (Å²) < 4.78 is 23.4. The van der Waals surface area contributed by atoms with Crippen LogP contribution in [-0.2, 0) is 35.3 Å². The van der Waals surface area contributed by atoms with Gasteiger partial charge < -0.3 is 23.8 Å². The Morgan fingerprint density at radius 3 is 2.37 bits per heavy atom. The molecule has 0 N–H and O–H groups in total. The first-order valence-electron chi connectivity index (χ1n) is 13.5. The van der Waals surface area contributed by atoms with Crippen molar-refractivity contribution in [3.05, 3.63) is 89.0 Å². The van der Waals surface area contributed by atoms with Crippen molar-refractivity contribution in [2.24, 2.45) is 0 Å². The molecule has 0 unspecified atom stereocenters. The van der Waals surface area contributed by atoms with E-state index in [9.17, 15) is 4.79 Å². The predicted molar refractivity (Wildman–Crippen MR) is 147 cm³/mol. The SMILES string of the molecule is COc1ccccc1CCC(=O)N(Cc1ccc(OC2Cc3ccccc3C2)c(OC)c1)C[C@@H]1CCCO1. The highest BCUT2D eigenvalue weighted by atomic mass is 16.5. The Hall–Kier alpha value is -3.51. The van der Waals surface area contributed by atoms with E-state index < -0.39 is 0 Å². The van der Waals surface area contributed by atoms with Crippen LogP contribution in [0.3, 0.4) is 0 Å². The van der Waals surface area contributed by atoms with Crippen LogP contribution >= 0.6 is 0 Å². The number of methoxy groups -OCH3 is 2. The van der Waals surface area contributed by atoms with Crippen molar-refractivity contribution in [2.45, 2.75) is 57.3 Å². The van der Waals surface area contributed by atoms with Crippen molar-refractivity contribution in [3.63, 3.8) is 0 Å². The number of hydrogen-bond donors (Lipinski definition) is 0. The Labute approximate surface area is 225 Å². The molecule has 0 aromatic heterocycles. The van der Waals surface area contributed by atoms with Gasteiger partial charge in [0.05, 0.1) is 20.3 Å². The maximum absolute atomic E-state index is 13.4. The van der Waals surface area contributed by atoms with E-state index in [-0.39, 0.29) is 18.1 Å². The smallest absolute Gasteiger partial charge is 0.223 e. The molecule has 200 valence electrons. The molecule has 38 heavy (non-hydrogen) atoms. The summed E-state index contributed by atoms with van der Waals surface area (Å²) in [7, 11) is 3.33. The van der Waals surface area contributed by atoms with Gasteiger partial charge in [-0.2, -0.15) is 0 Å². The number of ether oxygens (including phenoxy) is 4. The number of carbonyl (C=O) groups is 1. The van der Waals surface area contributed by atoms with E-state index in [0.717, 1.165) is 54.9 Å². The number of hydrogen-bond acceptors (Lipinski definition) is 5. The number of amides is 1. The third-order valence-electron chi connectivity index (χ3n) is 7.51. The van der Waals surface area contributed by atoms with Gasteiger partial charge in [0.1, 0.15) is 11.9 Å². The molecular weight excluding hydrogens is 478 g/mol. The highest BCUT2D eigenvalue weighted by Gasteiger charge is 2.25. The molecule has 1 fully saturated rings. The van der Waals surface area contributed by atoms with E-state index in [1.807, 2.05) is 47.4 Å². The van der Waals surface area contributed by atoms with Gasteiger partial charge in [0, 0.05) is 39.0 Å². The Morgan fingerprint density at radius 2 is 1.66 bits per heavy atom. The van der Waals surface area contributed by atoms with Gasteiger partial charge in [-0.15, -0.1) is 0 Å². The summed E-state index contributed by atoms with van der Waals surface area (Å²) in [6, 6.07) is 22.4. The van der Waals surface area contributed by atoms with Crippen molar-refractivity contribution >= 4 is 5.91 Å². The number of rotatable bonds is 11. The number of para-hydroxylation sites is 1. The second-order valence-corrected chi connectivity index (χ2v) is 10.1. The van der Waals surface area contributed by atoms with Gasteiger partial charge in [-0.05, 0) is 59.7 Å². The molecule has 1 aliphatic carbocycles. The Kier molecular flexibility index (Phi) is 8.49. The summed E-state index contributed by atoms with van der Waals surface area (Å²) in [5.41, 5.74) is 4.75. The number of aryl methyl sites for hydroxylation is 1. The minimum atomic E-state index is 0.0821. The molecule has 6 heteroatoms. The molecule has 1 amide bonds. The Balaban J connectivity index is 1.26. The molecule has 1 heterocycles. The van der Waals surface area contributed by atoms with Gasteiger partial charge in [-0.3, -0.25) is 4.79 Å². The molecule has 6 nitrogen and oxygen atoms in total. The lowest BCUT2D eigenvalue weighted by Crippen LogP contribution is -2.37. The van der Waals surface area contributed by atoms with E-state index in [2.05, 4.69) is 24.3 Å². The van der Waals surface area contributed by atoms with Gasteiger partial charge in [0.15, 0.2) is 11.5 Å². The third-order valence-corrected chi connectivity index (χ3v) is 7.51. The van der Waals surface area contributed by atoms with Crippen LogP contribution in [0.25, 0.3) is 0 Å². The lowest BCUT2D eigenvalue weighted by Gasteiger charge is -2.26. The van der Waals surface area contributed by atoms with Crippen molar-refractivity contribution < 1.29 is 23.7 Å². The molecule has 3 aromatic rings. The average molecular weight is 516 g/mol. The third kappa shape index (κ3) is 6.30. The minimum Gasteiger partial charge on any atom is -0.496 e. The fraction of sp³-hybridized carbons (Fsp3) is 0.406. The monoisotopic (exact) mass is 515 g/mol. The zero-order chi connectivity index (χ0) is 26.3. The lowest BCUT2D eigenvalue weighted by atomic mass is 10.1. The van der Waals surface area contributed by atoms with Crippen molar-refractivity contribution in [1.82, 2.24) is 4.90 Å². The van der Waals surface area contributed by atoms with Gasteiger partial charge in [-0.1, -0.05) is 48.5 Å². The van der Waals surface area contributed by atoms with E-state index in [0.29, 0.717) is 31.7 Å². The van der Waals surface area contributed by atoms with Gasteiger partial charge in [0.25, 0.3) is 0 Å². The van der Waals surface area contributed by atoms with Gasteiger partial charge in [0.2, 0.25) is 5.91 Å². The molecule has 1 aliphatic heterocycles. The highest BCUT2D eigenvalue weighted by molar-refractivity contribution is 5.76. The van der Waals surface area contributed by atoms with Gasteiger partial charge >= 0.3 is 0 Å². The number of carbonyl (C=O) groups excluding carboxylic acids is 1. The number of fused-ring (bicyclic) bond motifs is 1. The summed E-state index contributed by atoms with van der Waals surface area (Å²) >= 11 is 0. The zero-order valence-corrected chi connectivity index (χ0v) is 22.4. The molecule has 1 atom stereocenters. The largest absolute Gasteiger partial charge is 0.496 e. The van der Waals surface area contributed by atoms with Crippen LogP contribution < -0.4 is 14.2 Å². The van der Waals surface area contributed by atoms with Crippen molar-refractivity contribution in [2.75, 3.05) is 27.4 Å². The first-order chi connectivity index (χ1) is 18.6. The first-order valence-corrected chi connectivity index (χ1v) is 13.5. The maximum Gasteiger partial charge on any atom is 0.223 e. The second-order valence-electron chi connectivity index (χ2n) is 10.1. The maximum atomic E-state index is 13.4. The fourth-order valence-electron chi connectivity index (χ4n) is 5.51. The molecule has 0 saturated carbocycles. The highest BCUT2D eigenvalue weighted by Crippen LogP contribution is 2.33. The topological polar surface area (TPSA) is 57.2 Å². The first kappa shape index (κ1) is 26.1. The molecular formula is C32H37NO5. The van der Waals surface area contributed by atoms with Crippen LogP contribution in [0, 0.1) is 0 Å². The molecule has 0 bridgehead atoms. The van der Waals surface area contributed by atoms with Crippen LogP contribution in [0.2, 0.25) is 0 Å². The van der Waals surface area contributed by atoms with Crippen LogP contribution in [0.4, 0.5) is 0 Å². The van der Waals surface area contributed by atoms with Crippen LogP contribution in [0.15, 0.2) is 66.7 Å². The molecule has 0 spiro atoms. The van der Waals surface area contributed by atoms with E-state index >= 15 is 0 Å². The zero-order valence-electron chi connectivity index (χ0n) is 22.4. The quantitative estimate of drug-likeness (QED) is 0.343. The molecule has 1 saturated heterocycles. The fourth-order valence-corrected chi connectivity index (χ4v) is 5.51. The van der Waals surface area contributed by atoms with Crippen molar-refractivity contribution in [1.29, 1.82) is 0 Å². The number of nitrogens with zero attached hydrogens (tertiary/aromatic N) is 1. The summed E-state index contributed by atoms with van der Waals surface area (Å²) in [5.74, 6) is 2.35. The summed E-state index contributed by atoms with van der Waals surface area (Å²) in [6.07, 6.45) is 5.04. The molecule has 0 radical (unpaired) electrons. The normalized spacial score (nSPS) is 16.7. The standard InChI is InChI=1S/C32H37NO5/c1-35-29-12-6-5-8-24(29)14-16-32(34)33(22-27-11-7-17-37-27)21-23-13-15-30(31(18-23)36-2)38-28-19-25-9-3-4-10-26(25)20-28/h3-6,8-10,12-13,15,18,27-28H,7,11,14,16-17,19-22H2,1-2H3/t27-/m0/s1. The summed E-state index contributed by atoms with van der Waals surface area (Å²) in [4.78, 5) is 15.4. The van der Waals surface area contributed by atoms with E-state index in [1.54, 1.807) is 14.2 Å². The average Bonchev–Trinajstić information content (AvgIpc) is 3.61. The van der Waals surface area contributed by atoms with Gasteiger partial charge in [-0.25, -0.2) is 0 Å². The van der Waals surface area contributed by atoms with Crippen LogP contribution in [-0.4, -0.2) is 50.4 Å². The van der Waals surface area contributed by atoms with Crippen LogP contribution in [0.5, 0.6) is 17.2 Å². The predicted octanol–water partition coefficient (Wildman–Crippen LogP) is 5.39. The minimum absolute atomic E-state index is 0.0821. The summed E-state index contributed by atoms with van der Waals surface area (Å²) in [5, 5.41) is 0. The van der Waals surface area contributed by atoms with Crippen LogP contribution in [0.1, 0.15) is 41.5 Å². The lowest BCUT2D eigenvalue weighted by molar-refractivity contribution is -0.133. The van der Waals surface area contributed by atoms with E-state index in [4.69, 9.17) is 18.9 Å². The van der Waals surface area contributed by atoms with E-state index in [1.165, 1.54) is 11.1 Å².